The van der Waals surface area contributed by atoms with Gasteiger partial charge in [-0.05, 0) is 30.3 Å². The SMILES string of the molecule is CN(Cc1nc2c(F)c(F)ccc2[nH]1)C(=O)Cn1c(=O)oc2ccc(Cl)cc21. The summed E-state index contributed by atoms with van der Waals surface area (Å²) in [6.07, 6.45) is 0. The number of nitrogens with one attached hydrogen (secondary N) is 1. The monoisotopic (exact) mass is 406 g/mol. The number of fused-ring (bicyclic) bond motifs is 2. The van der Waals surface area contributed by atoms with Gasteiger partial charge in [-0.15, -0.1) is 0 Å². The molecule has 28 heavy (non-hydrogen) atoms. The predicted molar refractivity (Wildman–Crippen MR) is 98.0 cm³/mol. The third kappa shape index (κ3) is 3.13. The van der Waals surface area contributed by atoms with Crippen molar-refractivity contribution < 1.29 is 18.0 Å². The summed E-state index contributed by atoms with van der Waals surface area (Å²) in [7, 11) is 1.51. The van der Waals surface area contributed by atoms with Gasteiger partial charge in [0.2, 0.25) is 5.91 Å². The topological polar surface area (TPSA) is 84.1 Å². The van der Waals surface area contributed by atoms with Crippen molar-refractivity contribution >= 4 is 39.6 Å². The van der Waals surface area contributed by atoms with E-state index in [1.165, 1.54) is 28.6 Å². The molecule has 1 amide bonds. The molecule has 2 heterocycles. The van der Waals surface area contributed by atoms with E-state index in [1.807, 2.05) is 0 Å². The van der Waals surface area contributed by atoms with Crippen molar-refractivity contribution in [2.45, 2.75) is 13.1 Å². The number of rotatable bonds is 4. The molecule has 0 atom stereocenters. The number of aromatic amines is 1. The van der Waals surface area contributed by atoms with Crippen molar-refractivity contribution in [3.63, 3.8) is 0 Å². The average Bonchev–Trinajstić information content (AvgIpc) is 3.19. The Morgan fingerprint density at radius 3 is 2.89 bits per heavy atom. The number of hydrogen-bond acceptors (Lipinski definition) is 4. The molecule has 0 aliphatic heterocycles. The van der Waals surface area contributed by atoms with E-state index in [9.17, 15) is 18.4 Å². The molecule has 0 saturated heterocycles. The third-order valence-corrected chi connectivity index (χ3v) is 4.57. The lowest BCUT2D eigenvalue weighted by molar-refractivity contribution is -0.131. The number of amides is 1. The quantitative estimate of drug-likeness (QED) is 0.564. The molecule has 0 radical (unpaired) electrons. The van der Waals surface area contributed by atoms with Crippen LogP contribution in [0.2, 0.25) is 5.02 Å². The van der Waals surface area contributed by atoms with Gasteiger partial charge < -0.3 is 14.3 Å². The third-order valence-electron chi connectivity index (χ3n) is 4.33. The van der Waals surface area contributed by atoms with E-state index in [1.54, 1.807) is 12.1 Å². The molecule has 7 nitrogen and oxygen atoms in total. The standard InChI is InChI=1S/C18H13ClF2N4O3/c1-24(7-14-22-11-4-3-10(20)16(21)17(11)23-14)15(26)8-25-12-6-9(19)2-5-13(12)28-18(25)27/h2-6H,7-8H2,1H3,(H,22,23). The summed E-state index contributed by atoms with van der Waals surface area (Å²) in [6.45, 7) is -0.258. The lowest BCUT2D eigenvalue weighted by Gasteiger charge is -2.15. The van der Waals surface area contributed by atoms with Crippen LogP contribution < -0.4 is 5.76 Å². The van der Waals surface area contributed by atoms with Gasteiger partial charge in [-0.3, -0.25) is 9.36 Å². The maximum Gasteiger partial charge on any atom is 0.420 e. The highest BCUT2D eigenvalue weighted by Gasteiger charge is 2.18. The number of nitrogens with zero attached hydrogens (tertiary/aromatic N) is 3. The molecule has 0 fully saturated rings. The molecule has 144 valence electrons. The van der Waals surface area contributed by atoms with E-state index < -0.39 is 23.3 Å². The number of oxazole rings is 1. The second kappa shape index (κ2) is 6.75. The van der Waals surface area contributed by atoms with Crippen LogP contribution in [-0.2, 0) is 17.9 Å². The first-order chi connectivity index (χ1) is 13.3. The Morgan fingerprint density at radius 2 is 2.11 bits per heavy atom. The fraction of sp³-hybridized carbons (Fsp3) is 0.167. The maximum absolute atomic E-state index is 13.8. The van der Waals surface area contributed by atoms with E-state index in [-0.39, 0.29) is 24.4 Å². The summed E-state index contributed by atoms with van der Waals surface area (Å²) in [5.41, 5.74) is 0.907. The molecule has 1 N–H and O–H groups in total. The Balaban J connectivity index is 1.56. The van der Waals surface area contributed by atoms with Crippen LogP contribution >= 0.6 is 11.6 Å². The Bertz CT molecular complexity index is 1280. The predicted octanol–water partition coefficient (Wildman–Crippen LogP) is 3.06. The Hall–Kier alpha value is -3.20. The number of imidazole rings is 1. The Morgan fingerprint density at radius 1 is 1.32 bits per heavy atom. The number of aromatic nitrogens is 3. The van der Waals surface area contributed by atoms with Crippen molar-refractivity contribution in [1.82, 2.24) is 19.4 Å². The fourth-order valence-electron chi connectivity index (χ4n) is 2.90. The number of carbonyl (C=O) groups excluding carboxylic acids is 1. The minimum atomic E-state index is -1.05. The second-order valence-corrected chi connectivity index (χ2v) is 6.69. The molecule has 0 saturated carbocycles. The van der Waals surface area contributed by atoms with Crippen LogP contribution in [0.5, 0.6) is 0 Å². The molecule has 4 rings (SSSR count). The summed E-state index contributed by atoms with van der Waals surface area (Å²) < 4.78 is 33.4. The minimum absolute atomic E-state index is 0.0138. The molecule has 4 aromatic rings. The van der Waals surface area contributed by atoms with Crippen LogP contribution in [0.4, 0.5) is 8.78 Å². The minimum Gasteiger partial charge on any atom is -0.408 e. The van der Waals surface area contributed by atoms with Crippen LogP contribution in [0, 0.1) is 11.6 Å². The zero-order valence-electron chi connectivity index (χ0n) is 14.5. The molecule has 0 aliphatic rings. The first kappa shape index (κ1) is 18.2. The lowest BCUT2D eigenvalue weighted by atomic mass is 10.3. The highest BCUT2D eigenvalue weighted by Crippen LogP contribution is 2.20. The summed E-state index contributed by atoms with van der Waals surface area (Å²) in [6, 6.07) is 7.02. The number of H-pyrrole nitrogens is 1. The van der Waals surface area contributed by atoms with Gasteiger partial charge in [-0.2, -0.15) is 0 Å². The summed E-state index contributed by atoms with van der Waals surface area (Å²) in [5.74, 6) is -2.86. The zero-order chi connectivity index (χ0) is 20.0. The number of benzene rings is 2. The molecular formula is C18H13ClF2N4O3. The van der Waals surface area contributed by atoms with Crippen LogP contribution in [0.3, 0.4) is 0 Å². The van der Waals surface area contributed by atoms with Crippen molar-refractivity contribution in [3.05, 3.63) is 63.4 Å². The van der Waals surface area contributed by atoms with Crippen molar-refractivity contribution in [3.8, 4) is 0 Å². The number of hydrogen-bond donors (Lipinski definition) is 1. The van der Waals surface area contributed by atoms with Gasteiger partial charge in [0.1, 0.15) is 17.9 Å². The van der Waals surface area contributed by atoms with Gasteiger partial charge in [0.15, 0.2) is 17.2 Å². The van der Waals surface area contributed by atoms with E-state index in [0.717, 1.165) is 6.07 Å². The largest absolute Gasteiger partial charge is 0.420 e. The van der Waals surface area contributed by atoms with E-state index in [0.29, 0.717) is 21.6 Å². The molecule has 0 spiro atoms. The van der Waals surface area contributed by atoms with Crippen LogP contribution in [0.15, 0.2) is 39.5 Å². The van der Waals surface area contributed by atoms with Crippen molar-refractivity contribution in [2.24, 2.45) is 0 Å². The highest BCUT2D eigenvalue weighted by atomic mass is 35.5. The first-order valence-electron chi connectivity index (χ1n) is 8.19. The first-order valence-corrected chi connectivity index (χ1v) is 8.56. The lowest BCUT2D eigenvalue weighted by Crippen LogP contribution is -2.32. The van der Waals surface area contributed by atoms with E-state index >= 15 is 0 Å². The second-order valence-electron chi connectivity index (χ2n) is 6.26. The van der Waals surface area contributed by atoms with E-state index in [4.69, 9.17) is 16.0 Å². The molecule has 2 aromatic heterocycles. The van der Waals surface area contributed by atoms with Gasteiger partial charge in [-0.1, -0.05) is 11.6 Å². The van der Waals surface area contributed by atoms with Crippen molar-refractivity contribution in [2.75, 3.05) is 7.05 Å². The molecule has 0 bridgehead atoms. The van der Waals surface area contributed by atoms with Gasteiger partial charge in [0, 0.05) is 12.1 Å². The number of likely N-dealkylation sites (N-methyl/N-ethyl adjacent to an activating group) is 1. The zero-order valence-corrected chi connectivity index (χ0v) is 15.3. The fourth-order valence-corrected chi connectivity index (χ4v) is 3.06. The summed E-state index contributed by atoms with van der Waals surface area (Å²) >= 11 is 5.95. The van der Waals surface area contributed by atoms with Gasteiger partial charge >= 0.3 is 5.76 Å². The molecule has 0 unspecified atom stereocenters. The maximum atomic E-state index is 13.8. The van der Waals surface area contributed by atoms with Gasteiger partial charge in [-0.25, -0.2) is 18.6 Å². The number of halogens is 3. The smallest absolute Gasteiger partial charge is 0.408 e. The summed E-state index contributed by atoms with van der Waals surface area (Å²) in [4.78, 5) is 32.7. The van der Waals surface area contributed by atoms with Crippen LogP contribution in [-0.4, -0.2) is 32.4 Å². The van der Waals surface area contributed by atoms with E-state index in [2.05, 4.69) is 9.97 Å². The Labute approximate surface area is 161 Å². The highest BCUT2D eigenvalue weighted by molar-refractivity contribution is 6.31. The molecule has 0 aliphatic carbocycles. The van der Waals surface area contributed by atoms with Crippen LogP contribution in [0.25, 0.3) is 22.1 Å². The average molecular weight is 407 g/mol. The normalized spacial score (nSPS) is 11.4. The molecule has 10 heteroatoms. The Kier molecular flexibility index (Phi) is 4.38. The van der Waals surface area contributed by atoms with Gasteiger partial charge in [0.05, 0.1) is 17.6 Å². The van der Waals surface area contributed by atoms with Crippen LogP contribution in [0.1, 0.15) is 5.82 Å². The molecule has 2 aromatic carbocycles. The van der Waals surface area contributed by atoms with Crippen molar-refractivity contribution in [1.29, 1.82) is 0 Å². The van der Waals surface area contributed by atoms with Gasteiger partial charge in [0.25, 0.3) is 0 Å². The summed E-state index contributed by atoms with van der Waals surface area (Å²) in [5, 5.41) is 0.402. The molecular weight excluding hydrogens is 394 g/mol. The number of carbonyl (C=O) groups is 1.